The fraction of sp³-hybridized carbons (Fsp3) is 0.667. The normalized spacial score (nSPS) is 10.6. The van der Waals surface area contributed by atoms with E-state index < -0.39 is 0 Å². The summed E-state index contributed by atoms with van der Waals surface area (Å²) < 4.78 is 2.08. The van der Waals surface area contributed by atoms with Crippen molar-refractivity contribution in [2.75, 3.05) is 7.05 Å². The second-order valence-corrected chi connectivity index (χ2v) is 3.03. The molecule has 0 spiro atoms. The van der Waals surface area contributed by atoms with Crippen molar-refractivity contribution in [3.63, 3.8) is 0 Å². The lowest BCUT2D eigenvalue weighted by Crippen LogP contribution is -2.12. The van der Waals surface area contributed by atoms with Crippen LogP contribution in [0.4, 0.5) is 0 Å². The summed E-state index contributed by atoms with van der Waals surface area (Å²) in [6, 6.07) is 2.13. The van der Waals surface area contributed by atoms with Crippen LogP contribution in [0, 0.1) is 6.92 Å². The molecule has 1 aromatic heterocycles. The van der Waals surface area contributed by atoms with Crippen LogP contribution < -0.4 is 5.32 Å². The molecular weight excluding hydrogens is 150 g/mol. The summed E-state index contributed by atoms with van der Waals surface area (Å²) in [5.41, 5.74) is 2.38. The van der Waals surface area contributed by atoms with Crippen LogP contribution in [0.25, 0.3) is 0 Å². The van der Waals surface area contributed by atoms with Crippen molar-refractivity contribution in [3.05, 3.63) is 17.5 Å². The molecule has 0 aromatic carbocycles. The molecule has 1 rings (SSSR count). The van der Waals surface area contributed by atoms with Crippen molar-refractivity contribution in [3.8, 4) is 0 Å². The number of aryl methyl sites for hydroxylation is 2. The number of nitrogens with zero attached hydrogens (tertiary/aromatic N) is 2. The van der Waals surface area contributed by atoms with Crippen molar-refractivity contribution < 1.29 is 0 Å². The predicted molar refractivity (Wildman–Crippen MR) is 50.0 cm³/mol. The lowest BCUT2D eigenvalue weighted by Gasteiger charge is -2.04. The first-order valence-corrected chi connectivity index (χ1v) is 4.46. The molecule has 68 valence electrons. The maximum absolute atomic E-state index is 4.40. The number of nitrogens with one attached hydrogen (secondary N) is 1. The summed E-state index contributed by atoms with van der Waals surface area (Å²) in [6.07, 6.45) is 1.14. The third-order valence-electron chi connectivity index (χ3n) is 1.78. The van der Waals surface area contributed by atoms with Crippen molar-refractivity contribution in [1.29, 1.82) is 0 Å². The van der Waals surface area contributed by atoms with E-state index in [1.807, 2.05) is 14.0 Å². The van der Waals surface area contributed by atoms with Crippen LogP contribution in [-0.2, 0) is 13.1 Å². The minimum absolute atomic E-state index is 0.904. The van der Waals surface area contributed by atoms with Crippen molar-refractivity contribution in [2.45, 2.75) is 33.4 Å². The summed E-state index contributed by atoms with van der Waals surface area (Å²) in [6.45, 7) is 6.12. The van der Waals surface area contributed by atoms with E-state index in [0.29, 0.717) is 0 Å². The second-order valence-electron chi connectivity index (χ2n) is 3.03. The Kier molecular flexibility index (Phi) is 3.29. The average Bonchev–Trinajstić information content (AvgIpc) is 2.33. The van der Waals surface area contributed by atoms with Crippen LogP contribution >= 0.6 is 0 Å². The molecule has 1 aromatic rings. The molecule has 0 saturated heterocycles. The van der Waals surface area contributed by atoms with Gasteiger partial charge in [0.2, 0.25) is 0 Å². The van der Waals surface area contributed by atoms with Crippen LogP contribution in [0.15, 0.2) is 6.07 Å². The number of hydrogen-bond donors (Lipinski definition) is 1. The van der Waals surface area contributed by atoms with E-state index in [0.717, 1.165) is 25.2 Å². The van der Waals surface area contributed by atoms with Gasteiger partial charge in [-0.3, -0.25) is 4.68 Å². The lowest BCUT2D eigenvalue weighted by atomic mass is 10.3. The van der Waals surface area contributed by atoms with Gasteiger partial charge in [0, 0.05) is 13.1 Å². The highest BCUT2D eigenvalue weighted by Gasteiger charge is 2.02. The molecule has 0 radical (unpaired) electrons. The summed E-state index contributed by atoms with van der Waals surface area (Å²) >= 11 is 0. The zero-order chi connectivity index (χ0) is 8.97. The molecule has 0 atom stereocenters. The Balaban J connectivity index is 2.76. The van der Waals surface area contributed by atoms with Crippen LogP contribution in [0.1, 0.15) is 24.7 Å². The number of rotatable bonds is 4. The first kappa shape index (κ1) is 9.26. The van der Waals surface area contributed by atoms with Gasteiger partial charge in [0.1, 0.15) is 0 Å². The summed E-state index contributed by atoms with van der Waals surface area (Å²) in [7, 11) is 1.96. The topological polar surface area (TPSA) is 29.9 Å². The first-order chi connectivity index (χ1) is 5.77. The number of aromatic nitrogens is 2. The van der Waals surface area contributed by atoms with Gasteiger partial charge in [0.15, 0.2) is 0 Å². The molecule has 0 aliphatic rings. The van der Waals surface area contributed by atoms with Gasteiger partial charge in [-0.15, -0.1) is 0 Å². The van der Waals surface area contributed by atoms with E-state index in [9.17, 15) is 0 Å². The van der Waals surface area contributed by atoms with Gasteiger partial charge in [-0.05, 0) is 26.5 Å². The lowest BCUT2D eigenvalue weighted by molar-refractivity contribution is 0.559. The van der Waals surface area contributed by atoms with Gasteiger partial charge in [0.25, 0.3) is 0 Å². The van der Waals surface area contributed by atoms with Crippen molar-refractivity contribution in [2.24, 2.45) is 0 Å². The Labute approximate surface area is 73.8 Å². The summed E-state index contributed by atoms with van der Waals surface area (Å²) in [5, 5.41) is 7.53. The van der Waals surface area contributed by atoms with Crippen molar-refractivity contribution in [1.82, 2.24) is 15.1 Å². The van der Waals surface area contributed by atoms with E-state index in [2.05, 4.69) is 28.1 Å². The highest BCUT2D eigenvalue weighted by atomic mass is 15.3. The molecule has 1 N–H and O–H groups in total. The molecule has 3 nitrogen and oxygen atoms in total. The van der Waals surface area contributed by atoms with E-state index in [-0.39, 0.29) is 0 Å². The molecule has 1 heterocycles. The van der Waals surface area contributed by atoms with Crippen LogP contribution in [-0.4, -0.2) is 16.8 Å². The zero-order valence-electron chi connectivity index (χ0n) is 8.09. The SMILES string of the molecule is CCCn1nc(C)cc1CNC. The zero-order valence-corrected chi connectivity index (χ0v) is 8.09. The standard InChI is InChI=1S/C9H17N3/c1-4-5-12-9(7-10-3)6-8(2)11-12/h6,10H,4-5,7H2,1-3H3. The van der Waals surface area contributed by atoms with E-state index in [4.69, 9.17) is 0 Å². The van der Waals surface area contributed by atoms with E-state index in [1.54, 1.807) is 0 Å². The van der Waals surface area contributed by atoms with Gasteiger partial charge in [-0.1, -0.05) is 6.92 Å². The minimum atomic E-state index is 0.904. The smallest absolute Gasteiger partial charge is 0.0597 e. The van der Waals surface area contributed by atoms with Crippen LogP contribution in [0.5, 0.6) is 0 Å². The van der Waals surface area contributed by atoms with Gasteiger partial charge in [-0.25, -0.2) is 0 Å². The largest absolute Gasteiger partial charge is 0.314 e. The third-order valence-corrected chi connectivity index (χ3v) is 1.78. The quantitative estimate of drug-likeness (QED) is 0.733. The molecular formula is C9H17N3. The molecule has 0 aliphatic heterocycles. The Morgan fingerprint density at radius 1 is 1.58 bits per heavy atom. The molecule has 0 aliphatic carbocycles. The van der Waals surface area contributed by atoms with Crippen LogP contribution in [0.2, 0.25) is 0 Å². The third kappa shape index (κ3) is 2.08. The Morgan fingerprint density at radius 2 is 2.33 bits per heavy atom. The second kappa shape index (κ2) is 4.26. The molecule has 3 heteroatoms. The highest BCUT2D eigenvalue weighted by Crippen LogP contribution is 2.03. The summed E-state index contributed by atoms with van der Waals surface area (Å²) in [5.74, 6) is 0. The van der Waals surface area contributed by atoms with E-state index >= 15 is 0 Å². The van der Waals surface area contributed by atoms with Gasteiger partial charge < -0.3 is 5.32 Å². The van der Waals surface area contributed by atoms with Crippen LogP contribution in [0.3, 0.4) is 0 Å². The first-order valence-electron chi connectivity index (χ1n) is 4.46. The van der Waals surface area contributed by atoms with Gasteiger partial charge >= 0.3 is 0 Å². The maximum Gasteiger partial charge on any atom is 0.0597 e. The molecule has 0 amide bonds. The molecule has 0 fully saturated rings. The highest BCUT2D eigenvalue weighted by molar-refractivity contribution is 5.08. The molecule has 12 heavy (non-hydrogen) atoms. The van der Waals surface area contributed by atoms with Gasteiger partial charge in [0.05, 0.1) is 11.4 Å². The fourth-order valence-corrected chi connectivity index (χ4v) is 1.33. The van der Waals surface area contributed by atoms with E-state index in [1.165, 1.54) is 5.69 Å². The maximum atomic E-state index is 4.40. The number of hydrogen-bond acceptors (Lipinski definition) is 2. The molecule has 0 unspecified atom stereocenters. The monoisotopic (exact) mass is 167 g/mol. The Morgan fingerprint density at radius 3 is 2.92 bits per heavy atom. The Hall–Kier alpha value is -0.830. The molecule has 0 saturated carbocycles. The predicted octanol–water partition coefficient (Wildman–Crippen LogP) is 1.32. The minimum Gasteiger partial charge on any atom is -0.314 e. The summed E-state index contributed by atoms with van der Waals surface area (Å²) in [4.78, 5) is 0. The van der Waals surface area contributed by atoms with Crippen molar-refractivity contribution >= 4 is 0 Å². The average molecular weight is 167 g/mol. The van der Waals surface area contributed by atoms with Gasteiger partial charge in [-0.2, -0.15) is 5.10 Å². The molecule has 0 bridgehead atoms. The fourth-order valence-electron chi connectivity index (χ4n) is 1.33. The Bertz CT molecular complexity index is 216.